The molecule has 1 saturated carbocycles. The van der Waals surface area contributed by atoms with Crippen LogP contribution in [0.2, 0.25) is 0 Å². The van der Waals surface area contributed by atoms with Crippen molar-refractivity contribution in [1.29, 1.82) is 0 Å². The Balaban J connectivity index is 2.22. The van der Waals surface area contributed by atoms with Crippen LogP contribution in [-0.2, 0) is 11.2 Å². The average Bonchev–Trinajstić information content (AvgIpc) is 2.35. The van der Waals surface area contributed by atoms with Crippen molar-refractivity contribution in [3.05, 3.63) is 0 Å². The molecule has 1 unspecified atom stereocenters. The van der Waals surface area contributed by atoms with Crippen LogP contribution in [-0.4, -0.2) is 22.0 Å². The van der Waals surface area contributed by atoms with Crippen molar-refractivity contribution < 1.29 is 13.3 Å². The highest BCUT2D eigenvalue weighted by molar-refractivity contribution is 7.92. The van der Waals surface area contributed by atoms with E-state index >= 15 is 0 Å². The molecular formula is C7H12F2OS. The van der Waals surface area contributed by atoms with E-state index in [1.54, 1.807) is 0 Å². The summed E-state index contributed by atoms with van der Waals surface area (Å²) in [6, 6.07) is 0. The van der Waals surface area contributed by atoms with Crippen molar-refractivity contribution in [3.8, 4) is 0 Å². The molecular weight excluding hydrogens is 170 g/mol. The van der Waals surface area contributed by atoms with Crippen LogP contribution in [0.3, 0.4) is 0 Å². The maximum atomic E-state index is 11.7. The van der Waals surface area contributed by atoms with E-state index in [9.17, 15) is 13.3 Å². The van der Waals surface area contributed by atoms with Gasteiger partial charge in [0.2, 0.25) is 0 Å². The molecule has 11 heavy (non-hydrogen) atoms. The maximum Gasteiger partial charge on any atom is 0.282 e. The first kappa shape index (κ1) is 9.26. The lowest BCUT2D eigenvalue weighted by Crippen LogP contribution is -2.24. The highest BCUT2D eigenvalue weighted by Gasteiger charge is 2.28. The monoisotopic (exact) mass is 182 g/mol. The molecule has 1 fully saturated rings. The van der Waals surface area contributed by atoms with Crippen molar-refractivity contribution in [1.82, 2.24) is 0 Å². The van der Waals surface area contributed by atoms with E-state index in [-0.39, 0.29) is 5.25 Å². The Kier molecular flexibility index (Phi) is 3.59. The fourth-order valence-corrected chi connectivity index (χ4v) is 2.79. The molecule has 0 radical (unpaired) electrons. The topological polar surface area (TPSA) is 23.1 Å². The Morgan fingerprint density at radius 3 is 2.36 bits per heavy atom. The minimum Gasteiger partial charge on any atom is -0.616 e. The lowest BCUT2D eigenvalue weighted by atomic mass is 10.4. The molecule has 1 aliphatic rings. The van der Waals surface area contributed by atoms with Crippen LogP contribution in [0.5, 0.6) is 0 Å². The highest BCUT2D eigenvalue weighted by atomic mass is 32.2. The second-order valence-corrected chi connectivity index (χ2v) is 4.61. The normalized spacial score (nSPS) is 22.9. The Morgan fingerprint density at radius 2 is 1.91 bits per heavy atom. The standard InChI is InChI=1S/C7H12F2OS/c8-7(9)5-11(10)6-3-1-2-4-6/h6-7H,1-5H2. The molecule has 0 heterocycles. The fourth-order valence-electron chi connectivity index (χ4n) is 1.41. The molecule has 0 aliphatic heterocycles. The summed E-state index contributed by atoms with van der Waals surface area (Å²) >= 11 is -1.28. The first-order valence-corrected chi connectivity index (χ1v) is 5.23. The van der Waals surface area contributed by atoms with Gasteiger partial charge in [0.1, 0.15) is 5.25 Å². The summed E-state index contributed by atoms with van der Waals surface area (Å²) in [5.74, 6) is -0.426. The Bertz CT molecular complexity index is 115. The molecule has 1 aliphatic carbocycles. The van der Waals surface area contributed by atoms with Gasteiger partial charge in [-0.2, -0.15) is 0 Å². The third kappa shape index (κ3) is 2.95. The molecule has 1 atom stereocenters. The smallest absolute Gasteiger partial charge is 0.282 e. The molecule has 0 N–H and O–H groups in total. The van der Waals surface area contributed by atoms with Crippen LogP contribution in [0, 0.1) is 0 Å². The summed E-state index contributed by atoms with van der Waals surface area (Å²) in [7, 11) is 0. The first-order chi connectivity index (χ1) is 5.20. The molecule has 1 nitrogen and oxygen atoms in total. The largest absolute Gasteiger partial charge is 0.616 e. The lowest BCUT2D eigenvalue weighted by Gasteiger charge is -2.16. The zero-order valence-electron chi connectivity index (χ0n) is 6.26. The zero-order chi connectivity index (χ0) is 8.27. The summed E-state index contributed by atoms with van der Waals surface area (Å²) in [6.45, 7) is 0. The molecule has 0 bridgehead atoms. The molecule has 66 valence electrons. The van der Waals surface area contributed by atoms with Crippen molar-refractivity contribution in [3.63, 3.8) is 0 Å². The van der Waals surface area contributed by atoms with Crippen LogP contribution in [0.1, 0.15) is 25.7 Å². The SMILES string of the molecule is [O-][S+](CC(F)F)C1CCCC1. The van der Waals surface area contributed by atoms with Gasteiger partial charge < -0.3 is 4.55 Å². The summed E-state index contributed by atoms with van der Waals surface area (Å²) in [4.78, 5) is 0. The fraction of sp³-hybridized carbons (Fsp3) is 1.00. The molecule has 0 aromatic heterocycles. The van der Waals surface area contributed by atoms with Crippen molar-refractivity contribution in [2.45, 2.75) is 37.4 Å². The van der Waals surface area contributed by atoms with Crippen LogP contribution >= 0.6 is 0 Å². The average molecular weight is 182 g/mol. The number of alkyl halides is 2. The molecule has 0 aromatic rings. The lowest BCUT2D eigenvalue weighted by molar-refractivity contribution is 0.174. The van der Waals surface area contributed by atoms with Gasteiger partial charge in [-0.05, 0) is 36.9 Å². The van der Waals surface area contributed by atoms with Crippen LogP contribution in [0.25, 0.3) is 0 Å². The summed E-state index contributed by atoms with van der Waals surface area (Å²) in [6.07, 6.45) is 1.45. The molecule has 4 heteroatoms. The van der Waals surface area contributed by atoms with Crippen molar-refractivity contribution >= 4 is 11.2 Å². The van der Waals surface area contributed by atoms with E-state index in [1.165, 1.54) is 0 Å². The van der Waals surface area contributed by atoms with Gasteiger partial charge in [0.15, 0.2) is 5.75 Å². The predicted molar refractivity (Wildman–Crippen MR) is 41.3 cm³/mol. The number of hydrogen-bond donors (Lipinski definition) is 0. The minimum atomic E-state index is -2.41. The quantitative estimate of drug-likeness (QED) is 0.612. The third-order valence-corrected chi connectivity index (χ3v) is 3.76. The summed E-state index contributed by atoms with van der Waals surface area (Å²) in [5, 5.41) is 0.0593. The first-order valence-electron chi connectivity index (χ1n) is 3.85. The molecule has 0 saturated heterocycles. The van der Waals surface area contributed by atoms with E-state index < -0.39 is 23.4 Å². The predicted octanol–water partition coefficient (Wildman–Crippen LogP) is 1.94. The van der Waals surface area contributed by atoms with Crippen molar-refractivity contribution in [2.75, 3.05) is 5.75 Å². The van der Waals surface area contributed by atoms with Gasteiger partial charge in [0, 0.05) is 0 Å². The van der Waals surface area contributed by atoms with Gasteiger partial charge >= 0.3 is 0 Å². The maximum absolute atomic E-state index is 11.7. The third-order valence-electron chi connectivity index (χ3n) is 1.96. The van der Waals surface area contributed by atoms with Crippen molar-refractivity contribution in [2.24, 2.45) is 0 Å². The highest BCUT2D eigenvalue weighted by Crippen LogP contribution is 2.25. The van der Waals surface area contributed by atoms with Gasteiger partial charge in [-0.15, -0.1) is 0 Å². The number of hydrogen-bond acceptors (Lipinski definition) is 1. The Morgan fingerprint density at radius 1 is 1.36 bits per heavy atom. The van der Waals surface area contributed by atoms with Gasteiger partial charge in [-0.1, -0.05) is 0 Å². The van der Waals surface area contributed by atoms with Crippen LogP contribution in [0.15, 0.2) is 0 Å². The van der Waals surface area contributed by atoms with E-state index in [4.69, 9.17) is 0 Å². The van der Waals surface area contributed by atoms with Gasteiger partial charge in [0.05, 0.1) is 0 Å². The van der Waals surface area contributed by atoms with Crippen LogP contribution < -0.4 is 0 Å². The molecule has 0 amide bonds. The van der Waals surface area contributed by atoms with E-state index in [0.717, 1.165) is 25.7 Å². The summed E-state index contributed by atoms with van der Waals surface area (Å²) in [5.41, 5.74) is 0. The van der Waals surface area contributed by atoms with Gasteiger partial charge in [0.25, 0.3) is 6.43 Å². The Hall–Kier alpha value is 0.170. The molecule has 1 rings (SSSR count). The van der Waals surface area contributed by atoms with Gasteiger partial charge in [-0.3, -0.25) is 0 Å². The molecule has 0 aromatic carbocycles. The second-order valence-electron chi connectivity index (χ2n) is 2.84. The van der Waals surface area contributed by atoms with E-state index in [2.05, 4.69) is 0 Å². The van der Waals surface area contributed by atoms with Gasteiger partial charge in [-0.25, -0.2) is 8.78 Å². The summed E-state index contributed by atoms with van der Waals surface area (Å²) < 4.78 is 34.6. The van der Waals surface area contributed by atoms with Crippen LogP contribution in [0.4, 0.5) is 8.78 Å². The zero-order valence-corrected chi connectivity index (χ0v) is 7.08. The Labute approximate surface area is 68.3 Å². The second kappa shape index (κ2) is 4.26. The van der Waals surface area contributed by atoms with E-state index in [1.807, 2.05) is 0 Å². The minimum absolute atomic E-state index is 0.0593. The number of rotatable bonds is 3. The van der Waals surface area contributed by atoms with E-state index in [0.29, 0.717) is 0 Å². The number of halogens is 2. The molecule has 0 spiro atoms.